The first-order valence-electron chi connectivity index (χ1n) is 6.79. The van der Waals surface area contributed by atoms with Gasteiger partial charge in [0.05, 0.1) is 0 Å². The van der Waals surface area contributed by atoms with Crippen molar-refractivity contribution < 1.29 is 4.39 Å². The maximum absolute atomic E-state index is 12.9. The van der Waals surface area contributed by atoms with E-state index in [1.54, 1.807) is 12.1 Å². The summed E-state index contributed by atoms with van der Waals surface area (Å²) in [5.74, 6) is -0.161. The van der Waals surface area contributed by atoms with Crippen LogP contribution in [0.15, 0.2) is 54.6 Å². The van der Waals surface area contributed by atoms with Crippen LogP contribution in [0.5, 0.6) is 0 Å². The van der Waals surface area contributed by atoms with Crippen molar-refractivity contribution in [2.24, 2.45) is 0 Å². The molecule has 1 saturated carbocycles. The monoisotopic (exact) mass is 255 g/mol. The van der Waals surface area contributed by atoms with Crippen molar-refractivity contribution in [2.45, 2.75) is 31.3 Å². The molecule has 2 aromatic rings. The second-order valence-electron chi connectivity index (χ2n) is 5.42. The Balaban J connectivity index is 1.59. The third kappa shape index (κ3) is 3.21. The van der Waals surface area contributed by atoms with Crippen LogP contribution in [0.4, 0.5) is 4.39 Å². The molecule has 2 aromatic carbocycles. The molecule has 0 spiro atoms. The Morgan fingerprint density at radius 2 is 1.58 bits per heavy atom. The zero-order chi connectivity index (χ0) is 13.1. The van der Waals surface area contributed by atoms with Gasteiger partial charge in [-0.3, -0.25) is 0 Å². The molecule has 3 rings (SSSR count). The number of rotatable bonds is 5. The van der Waals surface area contributed by atoms with Crippen molar-refractivity contribution in [3.8, 4) is 0 Å². The van der Waals surface area contributed by atoms with E-state index in [9.17, 15) is 4.39 Å². The molecule has 1 aliphatic rings. The smallest absolute Gasteiger partial charge is 0.123 e. The van der Waals surface area contributed by atoms with E-state index in [-0.39, 0.29) is 11.4 Å². The Kier molecular flexibility index (Phi) is 3.34. The molecule has 1 aliphatic carbocycles. The van der Waals surface area contributed by atoms with Crippen LogP contribution in [0.1, 0.15) is 24.0 Å². The van der Waals surface area contributed by atoms with Crippen LogP contribution >= 0.6 is 0 Å². The van der Waals surface area contributed by atoms with E-state index >= 15 is 0 Å². The Morgan fingerprint density at radius 1 is 0.895 bits per heavy atom. The predicted molar refractivity (Wildman–Crippen MR) is 75.4 cm³/mol. The van der Waals surface area contributed by atoms with Crippen LogP contribution in [-0.4, -0.2) is 5.54 Å². The highest BCUT2D eigenvalue weighted by molar-refractivity contribution is 5.23. The molecule has 1 fully saturated rings. The molecule has 0 heterocycles. The lowest BCUT2D eigenvalue weighted by Crippen LogP contribution is -2.32. The number of halogens is 1. The molecule has 0 bridgehead atoms. The highest BCUT2D eigenvalue weighted by atomic mass is 19.1. The van der Waals surface area contributed by atoms with Crippen molar-refractivity contribution >= 4 is 0 Å². The number of benzene rings is 2. The second-order valence-corrected chi connectivity index (χ2v) is 5.42. The van der Waals surface area contributed by atoms with Gasteiger partial charge in [0.15, 0.2) is 0 Å². The first kappa shape index (κ1) is 12.4. The van der Waals surface area contributed by atoms with Crippen LogP contribution in [0.25, 0.3) is 0 Å². The van der Waals surface area contributed by atoms with Crippen LogP contribution in [0.3, 0.4) is 0 Å². The van der Waals surface area contributed by atoms with Crippen molar-refractivity contribution in [1.82, 2.24) is 5.32 Å². The Labute approximate surface area is 113 Å². The van der Waals surface area contributed by atoms with Gasteiger partial charge in [-0.1, -0.05) is 42.5 Å². The summed E-state index contributed by atoms with van der Waals surface area (Å²) in [6.45, 7) is 0.905. The van der Waals surface area contributed by atoms with E-state index in [4.69, 9.17) is 0 Å². The molecule has 0 atom stereocenters. The number of hydrogen-bond donors (Lipinski definition) is 1. The summed E-state index contributed by atoms with van der Waals surface area (Å²) < 4.78 is 12.9. The molecule has 0 aromatic heterocycles. The molecular formula is C17H18FN. The first-order valence-corrected chi connectivity index (χ1v) is 6.79. The lowest BCUT2D eigenvalue weighted by Gasteiger charge is -2.17. The van der Waals surface area contributed by atoms with E-state index < -0.39 is 0 Å². The first-order chi connectivity index (χ1) is 9.26. The van der Waals surface area contributed by atoms with Crippen molar-refractivity contribution in [1.29, 1.82) is 0 Å². The average Bonchev–Trinajstić information content (AvgIpc) is 3.21. The fraction of sp³-hybridized carbons (Fsp3) is 0.294. The normalized spacial score (nSPS) is 16.3. The second kappa shape index (κ2) is 5.14. The quantitative estimate of drug-likeness (QED) is 0.859. The minimum absolute atomic E-state index is 0.161. The molecule has 0 aliphatic heterocycles. The lowest BCUT2D eigenvalue weighted by atomic mass is 10.0. The molecule has 0 radical (unpaired) electrons. The summed E-state index contributed by atoms with van der Waals surface area (Å²) >= 11 is 0. The fourth-order valence-corrected chi connectivity index (χ4v) is 2.45. The van der Waals surface area contributed by atoms with Gasteiger partial charge in [-0.25, -0.2) is 4.39 Å². The van der Waals surface area contributed by atoms with Crippen molar-refractivity contribution in [3.05, 3.63) is 71.5 Å². The van der Waals surface area contributed by atoms with E-state index in [0.717, 1.165) is 13.0 Å². The highest BCUT2D eigenvalue weighted by Gasteiger charge is 2.41. The molecule has 19 heavy (non-hydrogen) atoms. The molecule has 0 unspecified atom stereocenters. The molecule has 1 nitrogen and oxygen atoms in total. The van der Waals surface area contributed by atoms with E-state index in [0.29, 0.717) is 0 Å². The Bertz CT molecular complexity index is 529. The van der Waals surface area contributed by atoms with Gasteiger partial charge in [0.25, 0.3) is 0 Å². The third-order valence-electron chi connectivity index (χ3n) is 3.82. The minimum atomic E-state index is -0.161. The van der Waals surface area contributed by atoms with Crippen molar-refractivity contribution in [3.63, 3.8) is 0 Å². The third-order valence-corrected chi connectivity index (χ3v) is 3.82. The highest BCUT2D eigenvalue weighted by Crippen LogP contribution is 2.38. The minimum Gasteiger partial charge on any atom is -0.307 e. The van der Waals surface area contributed by atoms with Gasteiger partial charge < -0.3 is 5.32 Å². The largest absolute Gasteiger partial charge is 0.307 e. The molecular weight excluding hydrogens is 237 g/mol. The molecule has 1 N–H and O–H groups in total. The van der Waals surface area contributed by atoms with Crippen LogP contribution in [0.2, 0.25) is 0 Å². The Hall–Kier alpha value is -1.67. The van der Waals surface area contributed by atoms with E-state index in [1.165, 1.54) is 24.0 Å². The van der Waals surface area contributed by atoms with Crippen LogP contribution < -0.4 is 5.32 Å². The maximum Gasteiger partial charge on any atom is 0.123 e. The summed E-state index contributed by atoms with van der Waals surface area (Å²) in [7, 11) is 0. The summed E-state index contributed by atoms with van der Waals surface area (Å²) in [4.78, 5) is 0. The van der Waals surface area contributed by atoms with Crippen LogP contribution in [-0.2, 0) is 13.0 Å². The number of nitrogens with one attached hydrogen (secondary N) is 1. The van der Waals surface area contributed by atoms with Crippen LogP contribution in [0, 0.1) is 5.82 Å². The molecule has 2 heteroatoms. The molecule has 0 amide bonds. The zero-order valence-corrected chi connectivity index (χ0v) is 10.9. The number of hydrogen-bond acceptors (Lipinski definition) is 1. The topological polar surface area (TPSA) is 12.0 Å². The van der Waals surface area contributed by atoms with Crippen molar-refractivity contribution in [2.75, 3.05) is 0 Å². The van der Waals surface area contributed by atoms with Gasteiger partial charge in [0.1, 0.15) is 5.82 Å². The molecule has 0 saturated heterocycles. The fourth-order valence-electron chi connectivity index (χ4n) is 2.45. The van der Waals surface area contributed by atoms with Gasteiger partial charge in [-0.05, 0) is 42.5 Å². The lowest BCUT2D eigenvalue weighted by molar-refractivity contribution is 0.493. The summed E-state index contributed by atoms with van der Waals surface area (Å²) in [5.41, 5.74) is 2.75. The summed E-state index contributed by atoms with van der Waals surface area (Å²) in [5, 5.41) is 3.66. The zero-order valence-electron chi connectivity index (χ0n) is 10.9. The summed E-state index contributed by atoms with van der Waals surface area (Å²) in [6, 6.07) is 17.3. The standard InChI is InChI=1S/C17H18FN/c18-16-8-6-14(7-9-16)12-17(10-11-17)19-13-15-4-2-1-3-5-15/h1-9,19H,10-13H2. The maximum atomic E-state index is 12.9. The molecule has 98 valence electrons. The SMILES string of the molecule is Fc1ccc(CC2(NCc3ccccc3)CC2)cc1. The average molecular weight is 255 g/mol. The predicted octanol–water partition coefficient (Wildman–Crippen LogP) is 3.69. The summed E-state index contributed by atoms with van der Waals surface area (Å²) in [6.07, 6.45) is 3.40. The van der Waals surface area contributed by atoms with Gasteiger partial charge in [0.2, 0.25) is 0 Å². The van der Waals surface area contributed by atoms with Gasteiger partial charge in [-0.2, -0.15) is 0 Å². The van der Waals surface area contributed by atoms with Gasteiger partial charge in [0, 0.05) is 12.1 Å². The van der Waals surface area contributed by atoms with E-state index in [1.807, 2.05) is 18.2 Å². The van der Waals surface area contributed by atoms with E-state index in [2.05, 4.69) is 29.6 Å². The van der Waals surface area contributed by atoms with Gasteiger partial charge in [-0.15, -0.1) is 0 Å². The van der Waals surface area contributed by atoms with Gasteiger partial charge >= 0.3 is 0 Å². The Morgan fingerprint density at radius 3 is 2.21 bits per heavy atom.